The molecule has 92 valence electrons. The molecule has 2 heterocycles. The Morgan fingerprint density at radius 3 is 2.59 bits per heavy atom. The van der Waals surface area contributed by atoms with Crippen molar-refractivity contribution in [3.05, 3.63) is 29.1 Å². The van der Waals surface area contributed by atoms with Crippen molar-refractivity contribution in [1.29, 1.82) is 0 Å². The molecular formula is C14H20N2O. The molecular weight excluding hydrogens is 212 g/mol. The molecule has 17 heavy (non-hydrogen) atoms. The van der Waals surface area contributed by atoms with Gasteiger partial charge in [0.1, 0.15) is 0 Å². The number of carbonyl (C=O) groups is 1. The van der Waals surface area contributed by atoms with Gasteiger partial charge in [0.05, 0.1) is 5.56 Å². The molecule has 0 saturated carbocycles. The highest BCUT2D eigenvalue weighted by atomic mass is 16.2. The van der Waals surface area contributed by atoms with E-state index in [4.69, 9.17) is 0 Å². The smallest absolute Gasteiger partial charge is 0.255 e. The van der Waals surface area contributed by atoms with E-state index in [1.54, 1.807) is 6.20 Å². The number of fused-ring (bicyclic) bond motifs is 1. The van der Waals surface area contributed by atoms with Gasteiger partial charge in [-0.25, -0.2) is 0 Å². The quantitative estimate of drug-likeness (QED) is 0.785. The van der Waals surface area contributed by atoms with Crippen LogP contribution in [0.25, 0.3) is 0 Å². The summed E-state index contributed by atoms with van der Waals surface area (Å²) in [5, 5.41) is 0. The summed E-state index contributed by atoms with van der Waals surface area (Å²) >= 11 is 0. The molecule has 3 nitrogen and oxygen atoms in total. The first-order valence-electron chi connectivity index (χ1n) is 6.30. The number of carbonyl (C=O) groups excluding carboxylic acids is 1. The van der Waals surface area contributed by atoms with Crippen LogP contribution in [-0.2, 0) is 6.42 Å². The lowest BCUT2D eigenvalue weighted by atomic mass is 9.97. The molecule has 0 N–H and O–H groups in total. The third-order valence-corrected chi connectivity index (χ3v) is 3.34. The van der Waals surface area contributed by atoms with Crippen LogP contribution in [0, 0.1) is 0 Å². The molecule has 0 fully saturated rings. The van der Waals surface area contributed by atoms with Crippen LogP contribution in [0.3, 0.4) is 0 Å². The monoisotopic (exact) mass is 232 g/mol. The largest absolute Gasteiger partial charge is 0.336 e. The number of nitrogens with zero attached hydrogens (tertiary/aromatic N) is 2. The Hall–Kier alpha value is -1.38. The Kier molecular flexibility index (Phi) is 3.18. The van der Waals surface area contributed by atoms with Gasteiger partial charge in [-0.15, -0.1) is 0 Å². The maximum Gasteiger partial charge on any atom is 0.255 e. The van der Waals surface area contributed by atoms with E-state index in [0.29, 0.717) is 5.92 Å². The van der Waals surface area contributed by atoms with E-state index < -0.39 is 0 Å². The summed E-state index contributed by atoms with van der Waals surface area (Å²) in [7, 11) is 0. The summed E-state index contributed by atoms with van der Waals surface area (Å²) in [5.74, 6) is 0.544. The van der Waals surface area contributed by atoms with Gasteiger partial charge >= 0.3 is 0 Å². The fourth-order valence-corrected chi connectivity index (χ4v) is 2.22. The van der Waals surface area contributed by atoms with Crippen LogP contribution >= 0.6 is 0 Å². The third kappa shape index (κ3) is 2.19. The van der Waals surface area contributed by atoms with Crippen LogP contribution in [-0.4, -0.2) is 28.4 Å². The molecule has 0 radical (unpaired) electrons. The first-order valence-corrected chi connectivity index (χ1v) is 6.30. The molecule has 2 rings (SSSR count). The fourth-order valence-electron chi connectivity index (χ4n) is 2.22. The molecule has 0 spiro atoms. The van der Waals surface area contributed by atoms with Gasteiger partial charge in [-0.2, -0.15) is 0 Å². The first kappa shape index (κ1) is 12.1. The van der Waals surface area contributed by atoms with Crippen molar-refractivity contribution in [2.45, 2.75) is 46.1 Å². The van der Waals surface area contributed by atoms with E-state index in [9.17, 15) is 4.79 Å². The van der Waals surface area contributed by atoms with Gasteiger partial charge < -0.3 is 4.90 Å². The van der Waals surface area contributed by atoms with E-state index >= 15 is 0 Å². The summed E-state index contributed by atoms with van der Waals surface area (Å²) in [5.41, 5.74) is 3.02. The number of rotatable bonds is 2. The molecule has 3 heteroatoms. The molecule has 1 amide bonds. The summed E-state index contributed by atoms with van der Waals surface area (Å²) in [6.45, 7) is 9.18. The number of aromatic nitrogens is 1. The van der Waals surface area contributed by atoms with Gasteiger partial charge in [-0.3, -0.25) is 9.78 Å². The van der Waals surface area contributed by atoms with Crippen molar-refractivity contribution >= 4 is 5.91 Å². The van der Waals surface area contributed by atoms with Crippen molar-refractivity contribution in [3.63, 3.8) is 0 Å². The summed E-state index contributed by atoms with van der Waals surface area (Å²) in [4.78, 5) is 18.5. The lowest BCUT2D eigenvalue weighted by Gasteiger charge is -2.31. The number of pyridine rings is 1. The molecule has 0 aromatic carbocycles. The van der Waals surface area contributed by atoms with Crippen LogP contribution in [0.15, 0.2) is 12.3 Å². The fraction of sp³-hybridized carbons (Fsp3) is 0.571. The minimum absolute atomic E-state index is 0.129. The number of hydrogen-bond acceptors (Lipinski definition) is 2. The predicted octanol–water partition coefficient (Wildman–Crippen LogP) is 2.61. The van der Waals surface area contributed by atoms with Crippen LogP contribution in [0.1, 0.15) is 55.2 Å². The van der Waals surface area contributed by atoms with Crippen LogP contribution in [0.2, 0.25) is 0 Å². The Bertz CT molecular complexity index is 438. The second-order valence-electron chi connectivity index (χ2n) is 5.26. The van der Waals surface area contributed by atoms with Crippen molar-refractivity contribution in [2.24, 2.45) is 0 Å². The van der Waals surface area contributed by atoms with Crippen molar-refractivity contribution in [1.82, 2.24) is 9.88 Å². The van der Waals surface area contributed by atoms with Gasteiger partial charge in [0.15, 0.2) is 0 Å². The molecule has 1 aromatic rings. The lowest BCUT2D eigenvalue weighted by Crippen LogP contribution is -2.42. The molecule has 0 atom stereocenters. The zero-order chi connectivity index (χ0) is 12.6. The Morgan fingerprint density at radius 2 is 2.00 bits per heavy atom. The summed E-state index contributed by atoms with van der Waals surface area (Å²) in [6.07, 6.45) is 2.70. The molecule has 0 unspecified atom stereocenters. The Morgan fingerprint density at radius 1 is 1.29 bits per heavy atom. The molecule has 0 saturated heterocycles. The maximum atomic E-state index is 12.2. The van der Waals surface area contributed by atoms with Gasteiger partial charge in [0.2, 0.25) is 0 Å². The van der Waals surface area contributed by atoms with Gasteiger partial charge in [-0.05, 0) is 37.8 Å². The minimum Gasteiger partial charge on any atom is -0.336 e. The molecule has 1 aliphatic rings. The molecule has 0 aliphatic carbocycles. The summed E-state index contributed by atoms with van der Waals surface area (Å²) < 4.78 is 0. The third-order valence-electron chi connectivity index (χ3n) is 3.34. The van der Waals surface area contributed by atoms with Gasteiger partial charge in [-0.1, -0.05) is 13.8 Å². The van der Waals surface area contributed by atoms with Crippen LogP contribution in [0.4, 0.5) is 0 Å². The maximum absolute atomic E-state index is 12.2. The van der Waals surface area contributed by atoms with Gasteiger partial charge in [0.25, 0.3) is 5.91 Å². The van der Waals surface area contributed by atoms with Crippen molar-refractivity contribution < 1.29 is 4.79 Å². The van der Waals surface area contributed by atoms with E-state index in [1.807, 2.05) is 4.90 Å². The Labute approximate surface area is 103 Å². The van der Waals surface area contributed by atoms with Crippen LogP contribution in [0.5, 0.6) is 0 Å². The summed E-state index contributed by atoms with van der Waals surface area (Å²) in [6, 6.07) is 2.36. The van der Waals surface area contributed by atoms with Gasteiger partial charge in [0, 0.05) is 24.5 Å². The molecule has 1 aromatic heterocycles. The standard InChI is InChI=1S/C14H20N2O/c1-9(2)13-7-11-5-6-16(10(3)4)14(17)12(11)8-15-13/h7-10H,5-6H2,1-4H3. The SMILES string of the molecule is CC(C)c1cc2c(cn1)C(=O)N(C(C)C)CC2. The topological polar surface area (TPSA) is 33.2 Å². The van der Waals surface area contributed by atoms with E-state index in [1.165, 1.54) is 0 Å². The second-order valence-corrected chi connectivity index (χ2v) is 5.26. The zero-order valence-electron chi connectivity index (χ0n) is 11.0. The van der Waals surface area contributed by atoms with Crippen molar-refractivity contribution in [2.75, 3.05) is 6.54 Å². The Balaban J connectivity index is 2.36. The molecule has 0 bridgehead atoms. The normalized spacial score (nSPS) is 15.6. The highest BCUT2D eigenvalue weighted by Crippen LogP contribution is 2.23. The lowest BCUT2D eigenvalue weighted by molar-refractivity contribution is 0.0688. The first-order chi connectivity index (χ1) is 8.00. The average Bonchev–Trinajstić information content (AvgIpc) is 2.28. The second kappa shape index (κ2) is 4.47. The number of hydrogen-bond donors (Lipinski definition) is 0. The van der Waals surface area contributed by atoms with E-state index in [2.05, 4.69) is 38.7 Å². The number of amides is 1. The highest BCUT2D eigenvalue weighted by Gasteiger charge is 2.26. The average molecular weight is 232 g/mol. The van der Waals surface area contributed by atoms with E-state index in [0.717, 1.165) is 29.8 Å². The minimum atomic E-state index is 0.129. The predicted molar refractivity (Wildman–Crippen MR) is 68.2 cm³/mol. The molecule has 1 aliphatic heterocycles. The highest BCUT2D eigenvalue weighted by molar-refractivity contribution is 5.96. The van der Waals surface area contributed by atoms with Crippen LogP contribution < -0.4 is 0 Å². The van der Waals surface area contributed by atoms with Crippen molar-refractivity contribution in [3.8, 4) is 0 Å². The zero-order valence-corrected chi connectivity index (χ0v) is 11.0. The van der Waals surface area contributed by atoms with E-state index in [-0.39, 0.29) is 11.9 Å².